The molecule has 0 unspecified atom stereocenters. The van der Waals surface area contributed by atoms with E-state index in [2.05, 4.69) is 11.4 Å². The Balaban J connectivity index is 4.00. The van der Waals surface area contributed by atoms with Gasteiger partial charge in [0, 0.05) is 0 Å². The number of rotatable bonds is 2. The molecule has 3 heteroatoms. The van der Waals surface area contributed by atoms with Crippen molar-refractivity contribution < 1.29 is 9.90 Å². The van der Waals surface area contributed by atoms with Crippen molar-refractivity contribution in [3.8, 4) is 0 Å². The SMILES string of the molecule is CC(=C[As](C)C)C(=O)O. The van der Waals surface area contributed by atoms with Crippen LogP contribution in [-0.4, -0.2) is 25.7 Å². The minimum absolute atomic E-state index is 0.486. The van der Waals surface area contributed by atoms with E-state index in [4.69, 9.17) is 5.11 Å². The van der Waals surface area contributed by atoms with E-state index in [1.165, 1.54) is 0 Å². The molecule has 0 saturated heterocycles. The Morgan fingerprint density at radius 3 is 2.11 bits per heavy atom. The van der Waals surface area contributed by atoms with Crippen LogP contribution in [-0.2, 0) is 4.79 Å². The Morgan fingerprint density at radius 1 is 1.56 bits per heavy atom. The van der Waals surface area contributed by atoms with Crippen molar-refractivity contribution in [2.24, 2.45) is 0 Å². The van der Waals surface area contributed by atoms with E-state index >= 15 is 0 Å². The Labute approximate surface area is 59.8 Å². The molecular formula is C6H11AsO2. The Hall–Kier alpha value is -0.232. The van der Waals surface area contributed by atoms with Crippen molar-refractivity contribution in [3.05, 3.63) is 10.4 Å². The fourth-order valence-electron chi connectivity index (χ4n) is 0.443. The van der Waals surface area contributed by atoms with Crippen molar-refractivity contribution in [2.45, 2.75) is 18.3 Å². The summed E-state index contributed by atoms with van der Waals surface area (Å²) in [7, 11) is 0. The van der Waals surface area contributed by atoms with Crippen LogP contribution in [0.25, 0.3) is 0 Å². The van der Waals surface area contributed by atoms with Gasteiger partial charge in [-0.2, -0.15) is 0 Å². The number of carboxylic acid groups (broad SMARTS) is 1. The maximum absolute atomic E-state index is 10.2. The number of carbonyl (C=O) groups is 1. The standard InChI is InChI=1S/C6H11AsO2/c1-5(6(8)9)4-7(2)3/h4H,1-3H3,(H,8,9). The van der Waals surface area contributed by atoms with Gasteiger partial charge in [0.25, 0.3) is 0 Å². The van der Waals surface area contributed by atoms with E-state index in [0.717, 1.165) is 0 Å². The van der Waals surface area contributed by atoms with Gasteiger partial charge < -0.3 is 0 Å². The first-order valence-electron chi connectivity index (χ1n) is 2.62. The van der Waals surface area contributed by atoms with Crippen LogP contribution in [0.1, 0.15) is 6.92 Å². The van der Waals surface area contributed by atoms with Crippen LogP contribution in [0, 0.1) is 0 Å². The second-order valence-corrected chi connectivity index (χ2v) is 6.67. The monoisotopic (exact) mass is 190 g/mol. The summed E-state index contributed by atoms with van der Waals surface area (Å²) in [6, 6.07) is 0. The summed E-state index contributed by atoms with van der Waals surface area (Å²) >= 11 is -0.885. The van der Waals surface area contributed by atoms with Crippen LogP contribution in [0.5, 0.6) is 0 Å². The average Bonchev–Trinajstić information content (AvgIpc) is 1.63. The normalized spacial score (nSPS) is 12.2. The predicted molar refractivity (Wildman–Crippen MR) is 38.9 cm³/mol. The summed E-state index contributed by atoms with van der Waals surface area (Å²) in [5.41, 5.74) is 4.68. The minimum atomic E-state index is -0.885. The summed E-state index contributed by atoms with van der Waals surface area (Å²) in [4.78, 5) is 12.1. The van der Waals surface area contributed by atoms with Crippen LogP contribution in [0.4, 0.5) is 0 Å². The molecule has 0 aliphatic carbocycles. The second-order valence-electron chi connectivity index (χ2n) is 2.08. The molecule has 1 N–H and O–H groups in total. The van der Waals surface area contributed by atoms with Crippen LogP contribution in [0.3, 0.4) is 0 Å². The molecule has 0 saturated carbocycles. The van der Waals surface area contributed by atoms with E-state index in [-0.39, 0.29) is 0 Å². The third-order valence-electron chi connectivity index (χ3n) is 0.789. The maximum atomic E-state index is 10.2. The molecule has 0 radical (unpaired) electrons. The van der Waals surface area contributed by atoms with Crippen LogP contribution in [0.2, 0.25) is 11.4 Å². The van der Waals surface area contributed by atoms with Gasteiger partial charge in [-0.1, -0.05) is 0 Å². The van der Waals surface area contributed by atoms with Gasteiger partial charge in [0.2, 0.25) is 0 Å². The molecule has 0 atom stereocenters. The number of hydrogen-bond acceptors (Lipinski definition) is 1. The first-order chi connectivity index (χ1) is 4.04. The summed E-state index contributed by atoms with van der Waals surface area (Å²) in [5, 5.41) is 8.39. The van der Waals surface area contributed by atoms with Gasteiger partial charge in [-0.05, 0) is 0 Å². The molecule has 0 aromatic heterocycles. The van der Waals surface area contributed by atoms with E-state index in [9.17, 15) is 4.79 Å². The third kappa shape index (κ3) is 4.28. The first kappa shape index (κ1) is 8.77. The molecule has 0 aromatic carbocycles. The van der Waals surface area contributed by atoms with Gasteiger partial charge in [0.1, 0.15) is 0 Å². The molecule has 0 aliphatic heterocycles. The Kier molecular flexibility index (Phi) is 3.63. The van der Waals surface area contributed by atoms with Gasteiger partial charge in [0.15, 0.2) is 0 Å². The Morgan fingerprint density at radius 2 is 2.00 bits per heavy atom. The zero-order chi connectivity index (χ0) is 7.44. The van der Waals surface area contributed by atoms with E-state index in [0.29, 0.717) is 5.57 Å². The van der Waals surface area contributed by atoms with Crippen molar-refractivity contribution in [2.75, 3.05) is 0 Å². The molecule has 0 aliphatic rings. The van der Waals surface area contributed by atoms with Crippen LogP contribution < -0.4 is 0 Å². The van der Waals surface area contributed by atoms with Crippen LogP contribution >= 0.6 is 0 Å². The molecule has 9 heavy (non-hydrogen) atoms. The number of hydrogen-bond donors (Lipinski definition) is 1. The van der Waals surface area contributed by atoms with Crippen molar-refractivity contribution in [3.63, 3.8) is 0 Å². The fraction of sp³-hybridized carbons (Fsp3) is 0.500. The van der Waals surface area contributed by atoms with Gasteiger partial charge in [0.05, 0.1) is 0 Å². The topological polar surface area (TPSA) is 37.3 Å². The average molecular weight is 190 g/mol. The molecule has 0 bridgehead atoms. The molecule has 0 fully saturated rings. The Bertz CT molecular complexity index is 138. The summed E-state index contributed by atoms with van der Waals surface area (Å²) in [6.45, 7) is 1.64. The van der Waals surface area contributed by atoms with Crippen molar-refractivity contribution in [1.29, 1.82) is 0 Å². The molecule has 0 spiro atoms. The second kappa shape index (κ2) is 3.73. The summed E-state index contributed by atoms with van der Waals surface area (Å²) in [5.74, 6) is -0.793. The zero-order valence-electron chi connectivity index (χ0n) is 5.88. The van der Waals surface area contributed by atoms with Gasteiger partial charge >= 0.3 is 59.3 Å². The fourth-order valence-corrected chi connectivity index (χ4v) is 2.30. The number of carboxylic acids is 1. The van der Waals surface area contributed by atoms with Crippen molar-refractivity contribution in [1.82, 2.24) is 0 Å². The van der Waals surface area contributed by atoms with Crippen LogP contribution in [0.15, 0.2) is 10.4 Å². The first-order valence-corrected chi connectivity index (χ1v) is 7.46. The molecule has 52 valence electrons. The van der Waals surface area contributed by atoms with Gasteiger partial charge in [-0.25, -0.2) is 0 Å². The van der Waals surface area contributed by atoms with E-state index < -0.39 is 20.6 Å². The summed E-state index contributed by atoms with van der Waals surface area (Å²) in [6.07, 6.45) is 0. The van der Waals surface area contributed by atoms with Gasteiger partial charge in [-0.3, -0.25) is 0 Å². The predicted octanol–water partition coefficient (Wildman–Crippen LogP) is 1.31. The molecule has 0 amide bonds. The molecule has 0 rings (SSSR count). The molecular weight excluding hydrogens is 179 g/mol. The van der Waals surface area contributed by atoms with E-state index in [1.54, 1.807) is 6.92 Å². The van der Waals surface area contributed by atoms with Crippen molar-refractivity contribution >= 4 is 20.6 Å². The third-order valence-corrected chi connectivity index (χ3v) is 2.69. The quantitative estimate of drug-likeness (QED) is 0.526. The molecule has 0 aromatic rings. The van der Waals surface area contributed by atoms with Gasteiger partial charge in [-0.15, -0.1) is 0 Å². The zero-order valence-corrected chi connectivity index (χ0v) is 7.76. The summed E-state index contributed by atoms with van der Waals surface area (Å²) < 4.78 is 0. The number of aliphatic carboxylic acids is 1. The molecule has 0 heterocycles. The molecule has 2 nitrogen and oxygen atoms in total. The van der Waals surface area contributed by atoms with E-state index in [1.807, 2.05) is 4.86 Å².